The zero-order valence-electron chi connectivity index (χ0n) is 10.2. The molecule has 0 aliphatic rings. The van der Waals surface area contributed by atoms with Crippen molar-refractivity contribution in [3.05, 3.63) is 17.0 Å². The van der Waals surface area contributed by atoms with Crippen molar-refractivity contribution in [2.75, 3.05) is 11.9 Å². The molecule has 1 N–H and O–H groups in total. The summed E-state index contributed by atoms with van der Waals surface area (Å²) >= 11 is 6.06. The lowest BCUT2D eigenvalue weighted by atomic mass is 10.1. The lowest BCUT2D eigenvalue weighted by Gasteiger charge is -2.12. The smallest absolute Gasteiger partial charge is 0.255 e. The Morgan fingerprint density at radius 2 is 2.24 bits per heavy atom. The SMILES string of the molecule is Cc1c(Cl)nc2ncnn2c1NCCC(C)C. The highest BCUT2D eigenvalue weighted by atomic mass is 35.5. The number of anilines is 1. The summed E-state index contributed by atoms with van der Waals surface area (Å²) in [6, 6.07) is 0. The maximum absolute atomic E-state index is 6.06. The van der Waals surface area contributed by atoms with Crippen LogP contribution in [-0.4, -0.2) is 26.1 Å². The average molecular weight is 254 g/mol. The zero-order chi connectivity index (χ0) is 12.4. The molecule has 0 aromatic carbocycles. The van der Waals surface area contributed by atoms with E-state index in [9.17, 15) is 0 Å². The van der Waals surface area contributed by atoms with Gasteiger partial charge in [-0.05, 0) is 19.3 Å². The van der Waals surface area contributed by atoms with E-state index in [1.807, 2.05) is 6.92 Å². The Morgan fingerprint density at radius 3 is 2.94 bits per heavy atom. The minimum absolute atomic E-state index is 0.470. The van der Waals surface area contributed by atoms with Crippen LogP contribution in [0.5, 0.6) is 0 Å². The molecule has 0 saturated heterocycles. The second kappa shape index (κ2) is 4.87. The maximum Gasteiger partial charge on any atom is 0.255 e. The summed E-state index contributed by atoms with van der Waals surface area (Å²) in [5, 5.41) is 7.96. The van der Waals surface area contributed by atoms with Crippen LogP contribution in [0.2, 0.25) is 5.15 Å². The maximum atomic E-state index is 6.06. The van der Waals surface area contributed by atoms with Gasteiger partial charge in [0.25, 0.3) is 5.78 Å². The lowest BCUT2D eigenvalue weighted by molar-refractivity contribution is 0.605. The number of halogens is 1. The van der Waals surface area contributed by atoms with Crippen molar-refractivity contribution in [1.29, 1.82) is 0 Å². The van der Waals surface area contributed by atoms with Crippen LogP contribution < -0.4 is 5.32 Å². The number of hydrogen-bond acceptors (Lipinski definition) is 4. The number of nitrogens with one attached hydrogen (secondary N) is 1. The highest BCUT2D eigenvalue weighted by Crippen LogP contribution is 2.22. The van der Waals surface area contributed by atoms with Crippen molar-refractivity contribution in [3.8, 4) is 0 Å². The summed E-state index contributed by atoms with van der Waals surface area (Å²) < 4.78 is 1.68. The first-order valence-electron chi connectivity index (χ1n) is 5.69. The zero-order valence-corrected chi connectivity index (χ0v) is 11.0. The van der Waals surface area contributed by atoms with Crippen LogP contribution in [-0.2, 0) is 0 Å². The van der Waals surface area contributed by atoms with Crippen molar-refractivity contribution in [2.24, 2.45) is 5.92 Å². The van der Waals surface area contributed by atoms with Crippen molar-refractivity contribution >= 4 is 23.2 Å². The van der Waals surface area contributed by atoms with Crippen molar-refractivity contribution in [2.45, 2.75) is 27.2 Å². The quantitative estimate of drug-likeness (QED) is 0.851. The molecule has 0 atom stereocenters. The predicted molar refractivity (Wildman–Crippen MR) is 68.5 cm³/mol. The molecule has 2 heterocycles. The van der Waals surface area contributed by atoms with E-state index < -0.39 is 0 Å². The molecule has 0 saturated carbocycles. The van der Waals surface area contributed by atoms with Gasteiger partial charge in [-0.25, -0.2) is 0 Å². The van der Waals surface area contributed by atoms with Gasteiger partial charge in [0.15, 0.2) is 0 Å². The number of rotatable bonds is 4. The molecule has 0 aliphatic carbocycles. The van der Waals surface area contributed by atoms with Crippen molar-refractivity contribution in [3.63, 3.8) is 0 Å². The summed E-state index contributed by atoms with van der Waals surface area (Å²) in [6.45, 7) is 7.19. The summed E-state index contributed by atoms with van der Waals surface area (Å²) in [7, 11) is 0. The van der Waals surface area contributed by atoms with Crippen LogP contribution in [0, 0.1) is 12.8 Å². The molecule has 0 fully saturated rings. The highest BCUT2D eigenvalue weighted by Gasteiger charge is 2.11. The molecular weight excluding hydrogens is 238 g/mol. The molecule has 2 aromatic rings. The van der Waals surface area contributed by atoms with Gasteiger partial charge >= 0.3 is 0 Å². The van der Waals surface area contributed by atoms with Gasteiger partial charge in [0.05, 0.1) is 0 Å². The molecule has 17 heavy (non-hydrogen) atoms. The van der Waals surface area contributed by atoms with E-state index in [1.165, 1.54) is 6.33 Å². The van der Waals surface area contributed by atoms with E-state index in [1.54, 1.807) is 4.52 Å². The van der Waals surface area contributed by atoms with Crippen LogP contribution in [0.1, 0.15) is 25.8 Å². The van der Waals surface area contributed by atoms with E-state index >= 15 is 0 Å². The molecule has 2 rings (SSSR count). The number of aromatic nitrogens is 4. The Morgan fingerprint density at radius 1 is 1.47 bits per heavy atom. The fourth-order valence-corrected chi connectivity index (χ4v) is 1.75. The Hall–Kier alpha value is -1.36. The first-order chi connectivity index (χ1) is 8.09. The third-order valence-corrected chi connectivity index (χ3v) is 2.99. The van der Waals surface area contributed by atoms with Gasteiger partial charge in [0, 0.05) is 12.1 Å². The Kier molecular flexibility index (Phi) is 3.47. The van der Waals surface area contributed by atoms with Gasteiger partial charge in [0.1, 0.15) is 17.3 Å². The van der Waals surface area contributed by atoms with Crippen LogP contribution in [0.3, 0.4) is 0 Å². The third kappa shape index (κ3) is 2.49. The van der Waals surface area contributed by atoms with E-state index in [0.29, 0.717) is 16.8 Å². The molecule has 0 aliphatic heterocycles. The van der Waals surface area contributed by atoms with E-state index in [-0.39, 0.29) is 0 Å². The Bertz CT molecular complexity index is 520. The van der Waals surface area contributed by atoms with Crippen LogP contribution in [0.25, 0.3) is 5.78 Å². The van der Waals surface area contributed by atoms with Crippen LogP contribution in [0.4, 0.5) is 5.82 Å². The first kappa shape index (κ1) is 12.1. The lowest BCUT2D eigenvalue weighted by Crippen LogP contribution is -2.11. The summed E-state index contributed by atoms with van der Waals surface area (Å²) in [5.41, 5.74) is 0.897. The summed E-state index contributed by atoms with van der Waals surface area (Å²) in [5.74, 6) is 2.05. The van der Waals surface area contributed by atoms with Crippen LogP contribution in [0.15, 0.2) is 6.33 Å². The summed E-state index contributed by atoms with van der Waals surface area (Å²) in [6.07, 6.45) is 2.57. The van der Waals surface area contributed by atoms with Gasteiger partial charge in [-0.1, -0.05) is 25.4 Å². The molecule has 0 unspecified atom stereocenters. The average Bonchev–Trinajstić information content (AvgIpc) is 2.70. The fraction of sp³-hybridized carbons (Fsp3) is 0.545. The molecular formula is C11H16ClN5. The molecule has 92 valence electrons. The molecule has 2 aromatic heterocycles. The van der Waals surface area contributed by atoms with E-state index in [0.717, 1.165) is 24.3 Å². The van der Waals surface area contributed by atoms with Crippen molar-refractivity contribution < 1.29 is 0 Å². The summed E-state index contributed by atoms with van der Waals surface area (Å²) in [4.78, 5) is 8.19. The third-order valence-electron chi connectivity index (χ3n) is 2.62. The van der Waals surface area contributed by atoms with Gasteiger partial charge in [-0.2, -0.15) is 19.6 Å². The predicted octanol–water partition coefficient (Wildman–Crippen LogP) is 2.54. The van der Waals surface area contributed by atoms with Crippen molar-refractivity contribution in [1.82, 2.24) is 19.6 Å². The normalized spacial score (nSPS) is 11.4. The second-order valence-corrected chi connectivity index (χ2v) is 4.82. The monoisotopic (exact) mass is 253 g/mol. The Balaban J connectivity index is 2.30. The van der Waals surface area contributed by atoms with E-state index in [2.05, 4.69) is 34.2 Å². The molecule has 5 nitrogen and oxygen atoms in total. The first-order valence-corrected chi connectivity index (χ1v) is 6.07. The molecule has 0 bridgehead atoms. The topological polar surface area (TPSA) is 55.1 Å². The Labute approximate surface area is 105 Å². The molecule has 0 spiro atoms. The van der Waals surface area contributed by atoms with Gasteiger partial charge in [-0.3, -0.25) is 0 Å². The van der Waals surface area contributed by atoms with Crippen LogP contribution >= 0.6 is 11.6 Å². The second-order valence-electron chi connectivity index (χ2n) is 4.46. The number of nitrogens with zero attached hydrogens (tertiary/aromatic N) is 4. The van der Waals surface area contributed by atoms with Gasteiger partial charge < -0.3 is 5.32 Å². The number of hydrogen-bond donors (Lipinski definition) is 1. The largest absolute Gasteiger partial charge is 0.370 e. The molecule has 6 heteroatoms. The minimum atomic E-state index is 0.470. The number of fused-ring (bicyclic) bond motifs is 1. The van der Waals surface area contributed by atoms with E-state index in [4.69, 9.17) is 11.6 Å². The standard InChI is InChI=1S/C11H16ClN5/c1-7(2)4-5-13-10-8(3)9(12)16-11-14-6-15-17(10)11/h6-7,13H,4-5H2,1-3H3. The fourth-order valence-electron chi connectivity index (χ4n) is 1.58. The highest BCUT2D eigenvalue weighted by molar-refractivity contribution is 6.30. The van der Waals surface area contributed by atoms with Gasteiger partial charge in [0.2, 0.25) is 0 Å². The molecule has 0 radical (unpaired) electrons. The minimum Gasteiger partial charge on any atom is -0.370 e. The molecule has 0 amide bonds. The van der Waals surface area contributed by atoms with Gasteiger partial charge in [-0.15, -0.1) is 0 Å².